The molecule has 0 radical (unpaired) electrons. The van der Waals surface area contributed by atoms with Gasteiger partial charge in [-0.3, -0.25) is 5.01 Å². The summed E-state index contributed by atoms with van der Waals surface area (Å²) in [4.78, 5) is 0. The van der Waals surface area contributed by atoms with Crippen LogP contribution in [0, 0.1) is 6.92 Å². The Labute approximate surface area is 122 Å². The quantitative estimate of drug-likeness (QED) is 0.840. The highest BCUT2D eigenvalue weighted by atomic mass is 16.3. The van der Waals surface area contributed by atoms with E-state index in [-0.39, 0.29) is 17.2 Å². The van der Waals surface area contributed by atoms with Crippen LogP contribution in [-0.4, -0.2) is 33.5 Å². The fourth-order valence-corrected chi connectivity index (χ4v) is 3.31. The minimum absolute atomic E-state index is 0.137. The summed E-state index contributed by atoms with van der Waals surface area (Å²) in [5.74, 6) is 0. The van der Waals surface area contributed by atoms with Crippen molar-refractivity contribution in [2.24, 2.45) is 5.10 Å². The Morgan fingerprint density at radius 1 is 1.10 bits per heavy atom. The molecular weight excluding hydrogens is 248 g/mol. The van der Waals surface area contributed by atoms with Crippen LogP contribution in [0.2, 0.25) is 0 Å². The Kier molecular flexibility index (Phi) is 3.92. The lowest BCUT2D eigenvalue weighted by atomic mass is 9.80. The average molecular weight is 274 g/mol. The van der Waals surface area contributed by atoms with Gasteiger partial charge in [0.25, 0.3) is 0 Å². The summed E-state index contributed by atoms with van der Waals surface area (Å²) in [5, 5.41) is 16.9. The van der Waals surface area contributed by atoms with E-state index < -0.39 is 0 Å². The molecule has 0 aliphatic carbocycles. The molecule has 20 heavy (non-hydrogen) atoms. The number of aliphatic hydroxyl groups excluding tert-OH is 1. The second-order valence-electron chi connectivity index (χ2n) is 7.15. The molecule has 2 rings (SSSR count). The lowest BCUT2D eigenvalue weighted by Crippen LogP contribution is -2.59. The predicted octanol–water partition coefficient (Wildman–Crippen LogP) is 3.34. The zero-order valence-corrected chi connectivity index (χ0v) is 13.2. The molecule has 1 saturated heterocycles. The number of aliphatic hydroxyl groups is 1. The molecule has 1 aliphatic heterocycles. The Morgan fingerprint density at radius 3 is 2.10 bits per heavy atom. The van der Waals surface area contributed by atoms with E-state index in [4.69, 9.17) is 5.10 Å². The molecule has 1 N–H and O–H groups in total. The minimum Gasteiger partial charge on any atom is -0.393 e. The molecule has 110 valence electrons. The first-order valence-electron chi connectivity index (χ1n) is 7.30. The number of nitrogens with zero attached hydrogens (tertiary/aromatic N) is 2. The first-order valence-corrected chi connectivity index (χ1v) is 7.30. The molecule has 1 aromatic carbocycles. The molecule has 1 fully saturated rings. The maximum absolute atomic E-state index is 10.0. The summed E-state index contributed by atoms with van der Waals surface area (Å²) in [7, 11) is 0. The van der Waals surface area contributed by atoms with Crippen molar-refractivity contribution in [2.75, 3.05) is 0 Å². The van der Waals surface area contributed by atoms with Gasteiger partial charge in [0.15, 0.2) is 0 Å². The third kappa shape index (κ3) is 3.21. The lowest BCUT2D eigenvalue weighted by Gasteiger charge is -2.52. The summed E-state index contributed by atoms with van der Waals surface area (Å²) in [5.41, 5.74) is 2.09. The summed E-state index contributed by atoms with van der Waals surface area (Å²) in [6.45, 7) is 10.7. The summed E-state index contributed by atoms with van der Waals surface area (Å²) >= 11 is 0. The normalized spacial score (nSPS) is 22.4. The van der Waals surface area contributed by atoms with E-state index in [1.165, 1.54) is 5.56 Å². The van der Waals surface area contributed by atoms with Crippen LogP contribution in [0.15, 0.2) is 29.4 Å². The van der Waals surface area contributed by atoms with Gasteiger partial charge in [-0.1, -0.05) is 29.8 Å². The number of aryl methyl sites for hydroxylation is 1. The average Bonchev–Trinajstić information content (AvgIpc) is 2.28. The van der Waals surface area contributed by atoms with Crippen LogP contribution in [0.5, 0.6) is 0 Å². The molecular formula is C17H26N2O. The summed E-state index contributed by atoms with van der Waals surface area (Å²) in [6, 6.07) is 8.35. The highest BCUT2D eigenvalue weighted by Crippen LogP contribution is 2.38. The highest BCUT2D eigenvalue weighted by molar-refractivity contribution is 5.79. The zero-order valence-electron chi connectivity index (χ0n) is 13.2. The topological polar surface area (TPSA) is 35.8 Å². The van der Waals surface area contributed by atoms with Crippen LogP contribution < -0.4 is 0 Å². The summed E-state index contributed by atoms with van der Waals surface area (Å²) < 4.78 is 0. The van der Waals surface area contributed by atoms with Gasteiger partial charge in [0.1, 0.15) is 0 Å². The molecule has 1 aromatic rings. The van der Waals surface area contributed by atoms with Gasteiger partial charge < -0.3 is 5.11 Å². The summed E-state index contributed by atoms with van der Waals surface area (Å²) in [6.07, 6.45) is 3.18. The molecule has 0 amide bonds. The molecule has 0 unspecified atom stereocenters. The molecule has 0 atom stereocenters. The zero-order chi connectivity index (χ0) is 15.0. The standard InChI is InChI=1S/C17H26N2O/c1-13-6-8-14(9-7-13)12-18-19-16(2,3)10-15(20)11-17(19,4)5/h6-9,12,15,20H,10-11H2,1-5H3. The van der Waals surface area contributed by atoms with Gasteiger partial charge in [-0.05, 0) is 53.0 Å². The van der Waals surface area contributed by atoms with E-state index in [1.54, 1.807) is 0 Å². The highest BCUT2D eigenvalue weighted by Gasteiger charge is 2.44. The Bertz CT molecular complexity index is 470. The van der Waals surface area contributed by atoms with Gasteiger partial charge >= 0.3 is 0 Å². The van der Waals surface area contributed by atoms with E-state index in [0.717, 1.165) is 18.4 Å². The number of rotatable bonds is 2. The minimum atomic E-state index is -0.245. The number of piperidine rings is 1. The first-order chi connectivity index (χ1) is 9.21. The van der Waals surface area contributed by atoms with Crippen LogP contribution in [0.4, 0.5) is 0 Å². The van der Waals surface area contributed by atoms with E-state index in [9.17, 15) is 5.11 Å². The Hall–Kier alpha value is -1.35. The van der Waals surface area contributed by atoms with E-state index in [1.807, 2.05) is 6.21 Å². The van der Waals surface area contributed by atoms with Crippen molar-refractivity contribution >= 4 is 6.21 Å². The van der Waals surface area contributed by atoms with Crippen LogP contribution in [0.3, 0.4) is 0 Å². The molecule has 3 heteroatoms. The molecule has 0 bridgehead atoms. The van der Waals surface area contributed by atoms with Crippen molar-refractivity contribution in [1.29, 1.82) is 0 Å². The maximum Gasteiger partial charge on any atom is 0.0585 e. The van der Waals surface area contributed by atoms with E-state index in [0.29, 0.717) is 0 Å². The fraction of sp³-hybridized carbons (Fsp3) is 0.588. The third-order valence-corrected chi connectivity index (χ3v) is 4.02. The SMILES string of the molecule is Cc1ccc(C=NN2C(C)(C)CC(O)CC2(C)C)cc1. The monoisotopic (exact) mass is 274 g/mol. The predicted molar refractivity (Wildman–Crippen MR) is 84.0 cm³/mol. The smallest absolute Gasteiger partial charge is 0.0585 e. The molecule has 0 saturated carbocycles. The number of hydrogen-bond donors (Lipinski definition) is 1. The van der Waals surface area contributed by atoms with Crippen molar-refractivity contribution in [2.45, 2.75) is 64.6 Å². The molecule has 0 aromatic heterocycles. The largest absolute Gasteiger partial charge is 0.393 e. The van der Waals surface area contributed by atoms with Crippen LogP contribution in [0.25, 0.3) is 0 Å². The van der Waals surface area contributed by atoms with E-state index in [2.05, 4.69) is 63.9 Å². The Morgan fingerprint density at radius 2 is 1.60 bits per heavy atom. The van der Waals surface area contributed by atoms with Crippen molar-refractivity contribution in [3.63, 3.8) is 0 Å². The first kappa shape index (κ1) is 15.0. The molecule has 0 spiro atoms. The van der Waals surface area contributed by atoms with Gasteiger partial charge in [-0.15, -0.1) is 0 Å². The van der Waals surface area contributed by atoms with Gasteiger partial charge in [0.2, 0.25) is 0 Å². The van der Waals surface area contributed by atoms with Crippen molar-refractivity contribution in [1.82, 2.24) is 5.01 Å². The number of hydrazone groups is 1. The van der Waals surface area contributed by atoms with Crippen LogP contribution >= 0.6 is 0 Å². The molecule has 1 heterocycles. The van der Waals surface area contributed by atoms with Crippen LogP contribution in [-0.2, 0) is 0 Å². The second kappa shape index (κ2) is 5.21. The van der Waals surface area contributed by atoms with Gasteiger partial charge in [0, 0.05) is 0 Å². The number of benzene rings is 1. The van der Waals surface area contributed by atoms with Crippen molar-refractivity contribution in [3.05, 3.63) is 35.4 Å². The molecule has 1 aliphatic rings. The van der Waals surface area contributed by atoms with Crippen molar-refractivity contribution < 1.29 is 5.11 Å². The number of hydrogen-bond acceptors (Lipinski definition) is 3. The lowest BCUT2D eigenvalue weighted by molar-refractivity contribution is -0.0791. The third-order valence-electron chi connectivity index (χ3n) is 4.02. The Balaban J connectivity index is 2.23. The van der Waals surface area contributed by atoms with Gasteiger partial charge in [0.05, 0.1) is 23.4 Å². The second-order valence-corrected chi connectivity index (χ2v) is 7.15. The van der Waals surface area contributed by atoms with Gasteiger partial charge in [-0.2, -0.15) is 5.10 Å². The van der Waals surface area contributed by atoms with Gasteiger partial charge in [-0.25, -0.2) is 0 Å². The van der Waals surface area contributed by atoms with E-state index >= 15 is 0 Å². The van der Waals surface area contributed by atoms with Crippen LogP contribution in [0.1, 0.15) is 51.7 Å². The molecule has 3 nitrogen and oxygen atoms in total. The fourth-order valence-electron chi connectivity index (χ4n) is 3.31. The maximum atomic E-state index is 10.0. The van der Waals surface area contributed by atoms with Crippen molar-refractivity contribution in [3.8, 4) is 0 Å².